The molecule has 1 aromatic rings. The minimum Gasteiger partial charge on any atom is -0.496 e. The van der Waals surface area contributed by atoms with Crippen LogP contribution in [0, 0.1) is 6.92 Å². The molecule has 0 saturated carbocycles. The molecule has 0 radical (unpaired) electrons. The molecule has 1 aliphatic rings. The van der Waals surface area contributed by atoms with Crippen molar-refractivity contribution >= 4 is 11.6 Å². The Morgan fingerprint density at radius 3 is 2.65 bits per heavy atom. The summed E-state index contributed by atoms with van der Waals surface area (Å²) in [5, 5.41) is 4.11. The fourth-order valence-corrected chi connectivity index (χ4v) is 2.87. The van der Waals surface area contributed by atoms with Gasteiger partial charge >= 0.3 is 0 Å². The van der Waals surface area contributed by atoms with Gasteiger partial charge in [0.25, 0.3) is 0 Å². The van der Waals surface area contributed by atoms with Crippen molar-refractivity contribution in [2.45, 2.75) is 25.8 Å². The summed E-state index contributed by atoms with van der Waals surface area (Å²) < 4.78 is 10.8. The number of hydrogen-bond donors (Lipinski definition) is 1. The van der Waals surface area contributed by atoms with Crippen LogP contribution in [-0.2, 0) is 0 Å². The van der Waals surface area contributed by atoms with Crippen LogP contribution in [0.2, 0.25) is 5.02 Å². The third kappa shape index (κ3) is 2.22. The van der Waals surface area contributed by atoms with Gasteiger partial charge in [0.2, 0.25) is 0 Å². The second kappa shape index (κ2) is 5.15. The smallest absolute Gasteiger partial charge is 0.140 e. The van der Waals surface area contributed by atoms with Crippen molar-refractivity contribution in [1.29, 1.82) is 0 Å². The van der Waals surface area contributed by atoms with Crippen molar-refractivity contribution in [3.05, 3.63) is 22.2 Å². The topological polar surface area (TPSA) is 30.5 Å². The van der Waals surface area contributed by atoms with Gasteiger partial charge < -0.3 is 14.8 Å². The highest BCUT2D eigenvalue weighted by molar-refractivity contribution is 6.33. The number of methoxy groups -OCH3 is 2. The number of halogens is 1. The summed E-state index contributed by atoms with van der Waals surface area (Å²) in [5.74, 6) is 1.59. The molecule has 1 atom stereocenters. The standard InChI is InChI=1S/C13H18ClNO2/c1-8-7-10(16-2)11(9-5-4-6-15-9)12(14)13(8)17-3/h7,9,15H,4-6H2,1-3H3. The summed E-state index contributed by atoms with van der Waals surface area (Å²) in [6.07, 6.45) is 2.25. The fraction of sp³-hybridized carbons (Fsp3) is 0.538. The molecule has 1 heterocycles. The first-order chi connectivity index (χ1) is 8.19. The van der Waals surface area contributed by atoms with Gasteiger partial charge in [-0.15, -0.1) is 0 Å². The highest BCUT2D eigenvalue weighted by atomic mass is 35.5. The SMILES string of the molecule is COc1cc(C)c(OC)c(Cl)c1C1CCCN1. The Bertz CT molecular complexity index is 414. The molecule has 0 bridgehead atoms. The molecular formula is C13H18ClNO2. The fourth-order valence-electron chi connectivity index (χ4n) is 2.42. The molecule has 2 rings (SSSR count). The minimum absolute atomic E-state index is 0.270. The maximum Gasteiger partial charge on any atom is 0.140 e. The molecule has 1 aromatic carbocycles. The average Bonchev–Trinajstić information content (AvgIpc) is 2.82. The summed E-state index contributed by atoms with van der Waals surface area (Å²) in [5.41, 5.74) is 2.02. The normalized spacial score (nSPS) is 19.4. The van der Waals surface area contributed by atoms with E-state index in [1.54, 1.807) is 14.2 Å². The van der Waals surface area contributed by atoms with Crippen molar-refractivity contribution < 1.29 is 9.47 Å². The maximum atomic E-state index is 6.43. The largest absolute Gasteiger partial charge is 0.496 e. The molecule has 1 N–H and O–H groups in total. The Kier molecular flexibility index (Phi) is 3.79. The molecule has 0 aromatic heterocycles. The zero-order chi connectivity index (χ0) is 12.4. The number of nitrogens with one attached hydrogen (secondary N) is 1. The van der Waals surface area contributed by atoms with Gasteiger partial charge in [-0.2, -0.15) is 0 Å². The van der Waals surface area contributed by atoms with Crippen molar-refractivity contribution in [2.75, 3.05) is 20.8 Å². The van der Waals surface area contributed by atoms with Gasteiger partial charge in [-0.05, 0) is 37.9 Å². The van der Waals surface area contributed by atoms with Gasteiger partial charge in [-0.25, -0.2) is 0 Å². The first kappa shape index (κ1) is 12.5. The molecule has 17 heavy (non-hydrogen) atoms. The molecule has 94 valence electrons. The molecule has 1 saturated heterocycles. The van der Waals surface area contributed by atoms with Crippen LogP contribution in [0.25, 0.3) is 0 Å². The number of hydrogen-bond acceptors (Lipinski definition) is 3. The predicted molar refractivity (Wildman–Crippen MR) is 69.3 cm³/mol. The molecule has 1 fully saturated rings. The minimum atomic E-state index is 0.270. The summed E-state index contributed by atoms with van der Waals surface area (Å²) >= 11 is 6.43. The monoisotopic (exact) mass is 255 g/mol. The Hall–Kier alpha value is -0.930. The molecule has 0 spiro atoms. The van der Waals surface area contributed by atoms with E-state index in [0.717, 1.165) is 35.6 Å². The molecule has 0 amide bonds. The van der Waals surface area contributed by atoms with Gasteiger partial charge in [-0.3, -0.25) is 0 Å². The average molecular weight is 256 g/mol. The molecule has 0 aliphatic carbocycles. The zero-order valence-corrected chi connectivity index (χ0v) is 11.2. The van der Waals surface area contributed by atoms with Crippen molar-refractivity contribution in [1.82, 2.24) is 5.32 Å². The van der Waals surface area contributed by atoms with Crippen LogP contribution in [0.15, 0.2) is 6.07 Å². The van der Waals surface area contributed by atoms with E-state index in [1.165, 1.54) is 6.42 Å². The van der Waals surface area contributed by atoms with Crippen molar-refractivity contribution in [3.63, 3.8) is 0 Å². The molecule has 3 nitrogen and oxygen atoms in total. The van der Waals surface area contributed by atoms with Gasteiger partial charge in [-0.1, -0.05) is 11.6 Å². The lowest BCUT2D eigenvalue weighted by atomic mass is 10.0. The first-order valence-corrected chi connectivity index (χ1v) is 6.21. The number of aryl methyl sites for hydroxylation is 1. The quantitative estimate of drug-likeness (QED) is 0.900. The lowest BCUT2D eigenvalue weighted by molar-refractivity contribution is 0.391. The number of benzene rings is 1. The molecule has 1 aliphatic heterocycles. The summed E-state index contributed by atoms with van der Waals surface area (Å²) in [7, 11) is 3.32. The number of ether oxygens (including phenoxy) is 2. The lowest BCUT2D eigenvalue weighted by Crippen LogP contribution is -2.15. The summed E-state index contributed by atoms with van der Waals surface area (Å²) in [6.45, 7) is 3.00. The van der Waals surface area contributed by atoms with Crippen LogP contribution in [0.4, 0.5) is 0 Å². The van der Waals surface area contributed by atoms with E-state index >= 15 is 0 Å². The van der Waals surface area contributed by atoms with E-state index in [1.807, 2.05) is 13.0 Å². The van der Waals surface area contributed by atoms with E-state index in [2.05, 4.69) is 5.32 Å². The van der Waals surface area contributed by atoms with Gasteiger partial charge in [0.1, 0.15) is 11.5 Å². The highest BCUT2D eigenvalue weighted by Gasteiger charge is 2.25. The van der Waals surface area contributed by atoms with Crippen LogP contribution in [-0.4, -0.2) is 20.8 Å². The summed E-state index contributed by atoms with van der Waals surface area (Å²) in [4.78, 5) is 0. The van der Waals surface area contributed by atoms with Crippen LogP contribution < -0.4 is 14.8 Å². The third-order valence-electron chi connectivity index (χ3n) is 3.24. The van der Waals surface area contributed by atoms with Crippen LogP contribution in [0.1, 0.15) is 30.0 Å². The Morgan fingerprint density at radius 1 is 1.35 bits per heavy atom. The van der Waals surface area contributed by atoms with Crippen LogP contribution in [0.3, 0.4) is 0 Å². The van der Waals surface area contributed by atoms with Gasteiger partial charge in [0.05, 0.1) is 19.2 Å². The second-order valence-corrected chi connectivity index (χ2v) is 4.68. The predicted octanol–water partition coefficient (Wildman–Crippen LogP) is 3.09. The summed E-state index contributed by atoms with van der Waals surface area (Å²) in [6, 6.07) is 2.26. The van der Waals surface area contributed by atoms with Crippen molar-refractivity contribution in [2.24, 2.45) is 0 Å². The third-order valence-corrected chi connectivity index (χ3v) is 3.62. The molecular weight excluding hydrogens is 238 g/mol. The van der Waals surface area contributed by atoms with E-state index in [4.69, 9.17) is 21.1 Å². The molecule has 4 heteroatoms. The second-order valence-electron chi connectivity index (χ2n) is 4.31. The zero-order valence-electron chi connectivity index (χ0n) is 10.5. The van der Waals surface area contributed by atoms with E-state index in [9.17, 15) is 0 Å². The van der Waals surface area contributed by atoms with Gasteiger partial charge in [0, 0.05) is 11.6 Å². The number of rotatable bonds is 3. The van der Waals surface area contributed by atoms with E-state index in [0.29, 0.717) is 5.02 Å². The lowest BCUT2D eigenvalue weighted by Gasteiger charge is -2.20. The Morgan fingerprint density at radius 2 is 2.12 bits per heavy atom. The van der Waals surface area contributed by atoms with E-state index in [-0.39, 0.29) is 6.04 Å². The van der Waals surface area contributed by atoms with Crippen molar-refractivity contribution in [3.8, 4) is 11.5 Å². The highest BCUT2D eigenvalue weighted by Crippen LogP contribution is 2.43. The molecule has 1 unspecified atom stereocenters. The first-order valence-electron chi connectivity index (χ1n) is 5.83. The Balaban J connectivity index is 2.53. The van der Waals surface area contributed by atoms with Crippen LogP contribution >= 0.6 is 11.6 Å². The Labute approximate surface area is 107 Å². The van der Waals surface area contributed by atoms with E-state index < -0.39 is 0 Å². The van der Waals surface area contributed by atoms with Gasteiger partial charge in [0.15, 0.2) is 0 Å². The maximum absolute atomic E-state index is 6.43. The van der Waals surface area contributed by atoms with Crippen LogP contribution in [0.5, 0.6) is 11.5 Å².